The number of phenols is 1. The highest BCUT2D eigenvalue weighted by Gasteiger charge is 2.32. The van der Waals surface area contributed by atoms with Crippen LogP contribution in [0.4, 0.5) is 0 Å². The zero-order valence-corrected chi connectivity index (χ0v) is 11.9. The van der Waals surface area contributed by atoms with E-state index in [-0.39, 0.29) is 24.1 Å². The van der Waals surface area contributed by atoms with Crippen LogP contribution in [0.5, 0.6) is 5.75 Å². The first kappa shape index (κ1) is 13.4. The zero-order chi connectivity index (χ0) is 15.1. The fraction of sp³-hybridized carbons (Fsp3) is 0.176. The van der Waals surface area contributed by atoms with Crippen LogP contribution in [0.1, 0.15) is 34.6 Å². The molecule has 0 spiro atoms. The van der Waals surface area contributed by atoms with E-state index in [0.717, 1.165) is 5.57 Å². The van der Waals surface area contributed by atoms with Gasteiger partial charge in [0.2, 0.25) is 0 Å². The van der Waals surface area contributed by atoms with Crippen molar-refractivity contribution in [2.24, 2.45) is 0 Å². The van der Waals surface area contributed by atoms with Crippen molar-refractivity contribution in [1.29, 1.82) is 0 Å². The molecule has 0 aromatic heterocycles. The number of hydrogen-bond acceptors (Lipinski definition) is 3. The van der Waals surface area contributed by atoms with Crippen molar-refractivity contribution in [3.63, 3.8) is 0 Å². The number of imide groups is 1. The summed E-state index contributed by atoms with van der Waals surface area (Å²) in [6, 6.07) is 8.19. The van der Waals surface area contributed by atoms with Gasteiger partial charge in [0.05, 0.1) is 0 Å². The molecule has 0 aliphatic carbocycles. The maximum absolute atomic E-state index is 12.5. The Hall–Kier alpha value is -2.62. The Balaban J connectivity index is 2.22. The molecule has 106 valence electrons. The summed E-state index contributed by atoms with van der Waals surface area (Å²) in [5, 5.41) is 11.0. The average Bonchev–Trinajstić information content (AvgIpc) is 2.45. The Morgan fingerprint density at radius 1 is 1.10 bits per heavy atom. The molecule has 2 aromatic rings. The first-order valence-corrected chi connectivity index (χ1v) is 6.75. The minimum Gasteiger partial charge on any atom is -0.507 e. The first-order chi connectivity index (χ1) is 10.0. The van der Waals surface area contributed by atoms with E-state index in [0.29, 0.717) is 21.9 Å². The summed E-state index contributed by atoms with van der Waals surface area (Å²) in [6.07, 6.45) is 1.85. The quantitative estimate of drug-likeness (QED) is 0.679. The molecule has 0 atom stereocenters. The number of aromatic hydroxyl groups is 1. The fourth-order valence-electron chi connectivity index (χ4n) is 2.57. The van der Waals surface area contributed by atoms with Gasteiger partial charge >= 0.3 is 0 Å². The molecule has 1 aliphatic heterocycles. The molecule has 2 aromatic carbocycles. The van der Waals surface area contributed by atoms with Gasteiger partial charge in [0.15, 0.2) is 0 Å². The molecule has 0 saturated carbocycles. The molecule has 3 rings (SSSR count). The largest absolute Gasteiger partial charge is 0.507 e. The highest BCUT2D eigenvalue weighted by Crippen LogP contribution is 2.34. The van der Waals surface area contributed by atoms with Gasteiger partial charge in [-0.15, -0.1) is 0 Å². The third-order valence-corrected chi connectivity index (χ3v) is 3.65. The number of carbonyl (C=O) groups excluding carboxylic acids is 2. The third-order valence-electron chi connectivity index (χ3n) is 3.65. The number of allylic oxidation sites excluding steroid dienone is 1. The highest BCUT2D eigenvalue weighted by molar-refractivity contribution is 6.26. The Morgan fingerprint density at radius 3 is 2.43 bits per heavy atom. The average molecular weight is 281 g/mol. The predicted molar refractivity (Wildman–Crippen MR) is 80.4 cm³/mol. The van der Waals surface area contributed by atoms with Gasteiger partial charge in [-0.05, 0) is 32.0 Å². The smallest absolute Gasteiger partial charge is 0.261 e. The van der Waals surface area contributed by atoms with E-state index in [1.54, 1.807) is 24.3 Å². The SMILES string of the molecule is CC(C)=CCN1C(=O)c2cccc3c(O)ccc(c23)C1=O. The monoisotopic (exact) mass is 281 g/mol. The topological polar surface area (TPSA) is 57.6 Å². The molecule has 1 N–H and O–H groups in total. The van der Waals surface area contributed by atoms with E-state index < -0.39 is 0 Å². The lowest BCUT2D eigenvalue weighted by Gasteiger charge is -2.26. The van der Waals surface area contributed by atoms with Gasteiger partial charge in [0.25, 0.3) is 11.8 Å². The van der Waals surface area contributed by atoms with Gasteiger partial charge in [0, 0.05) is 28.4 Å². The van der Waals surface area contributed by atoms with Crippen molar-refractivity contribution in [3.8, 4) is 5.75 Å². The van der Waals surface area contributed by atoms with Crippen molar-refractivity contribution in [1.82, 2.24) is 4.90 Å². The summed E-state index contributed by atoms with van der Waals surface area (Å²) in [5.41, 5.74) is 1.96. The second-order valence-electron chi connectivity index (χ2n) is 5.36. The third kappa shape index (κ3) is 2.00. The standard InChI is InChI=1S/C17H15NO3/c1-10(2)8-9-18-16(20)12-5-3-4-11-14(19)7-6-13(15(11)12)17(18)21/h3-8,19H,9H2,1-2H3. The summed E-state index contributed by atoms with van der Waals surface area (Å²) >= 11 is 0. The maximum atomic E-state index is 12.5. The molecule has 0 radical (unpaired) electrons. The van der Waals surface area contributed by atoms with Gasteiger partial charge in [0.1, 0.15) is 5.75 Å². The Bertz CT molecular complexity index is 779. The Kier molecular flexibility index (Phi) is 3.01. The van der Waals surface area contributed by atoms with Gasteiger partial charge < -0.3 is 5.11 Å². The lowest BCUT2D eigenvalue weighted by Crippen LogP contribution is -2.40. The van der Waals surface area contributed by atoms with E-state index in [9.17, 15) is 14.7 Å². The van der Waals surface area contributed by atoms with Crippen LogP contribution in [0.25, 0.3) is 10.8 Å². The van der Waals surface area contributed by atoms with Gasteiger partial charge in [-0.2, -0.15) is 0 Å². The number of phenolic OH excluding ortho intramolecular Hbond substituents is 1. The summed E-state index contributed by atoms with van der Waals surface area (Å²) in [7, 11) is 0. The molecule has 21 heavy (non-hydrogen) atoms. The second-order valence-corrected chi connectivity index (χ2v) is 5.36. The van der Waals surface area contributed by atoms with Crippen molar-refractivity contribution in [2.75, 3.05) is 6.54 Å². The van der Waals surface area contributed by atoms with Crippen molar-refractivity contribution < 1.29 is 14.7 Å². The number of rotatable bonds is 2. The van der Waals surface area contributed by atoms with Crippen molar-refractivity contribution in [2.45, 2.75) is 13.8 Å². The molecule has 0 bridgehead atoms. The van der Waals surface area contributed by atoms with Crippen LogP contribution in [0.3, 0.4) is 0 Å². The normalized spacial score (nSPS) is 13.7. The fourth-order valence-corrected chi connectivity index (χ4v) is 2.57. The van der Waals surface area contributed by atoms with Crippen molar-refractivity contribution >= 4 is 22.6 Å². The predicted octanol–water partition coefficient (Wildman–Crippen LogP) is 3.11. The van der Waals surface area contributed by atoms with Gasteiger partial charge in [-0.25, -0.2) is 0 Å². The summed E-state index contributed by atoms with van der Waals surface area (Å²) in [4.78, 5) is 26.3. The van der Waals surface area contributed by atoms with Crippen LogP contribution < -0.4 is 0 Å². The Labute approximate surface area is 122 Å². The van der Waals surface area contributed by atoms with Crippen LogP contribution in [0, 0.1) is 0 Å². The number of nitrogens with zero attached hydrogens (tertiary/aromatic N) is 1. The molecular formula is C17H15NO3. The van der Waals surface area contributed by atoms with Gasteiger partial charge in [-0.3, -0.25) is 14.5 Å². The van der Waals surface area contributed by atoms with Crippen LogP contribution in [-0.2, 0) is 0 Å². The van der Waals surface area contributed by atoms with E-state index in [4.69, 9.17) is 0 Å². The van der Waals surface area contributed by atoms with Crippen LogP contribution in [0.2, 0.25) is 0 Å². The van der Waals surface area contributed by atoms with E-state index in [2.05, 4.69) is 0 Å². The number of benzene rings is 2. The summed E-state index contributed by atoms with van der Waals surface area (Å²) in [6.45, 7) is 4.11. The number of hydrogen-bond donors (Lipinski definition) is 1. The van der Waals surface area contributed by atoms with E-state index >= 15 is 0 Å². The maximum Gasteiger partial charge on any atom is 0.261 e. The zero-order valence-electron chi connectivity index (χ0n) is 11.9. The lowest BCUT2D eigenvalue weighted by molar-refractivity contribution is 0.0628. The Morgan fingerprint density at radius 2 is 1.76 bits per heavy atom. The van der Waals surface area contributed by atoms with Crippen LogP contribution in [-0.4, -0.2) is 28.4 Å². The number of carbonyl (C=O) groups is 2. The summed E-state index contributed by atoms with van der Waals surface area (Å²) < 4.78 is 0. The van der Waals surface area contributed by atoms with Crippen LogP contribution in [0.15, 0.2) is 42.0 Å². The summed E-state index contributed by atoms with van der Waals surface area (Å²) in [5.74, 6) is -0.559. The minimum atomic E-state index is -0.318. The van der Waals surface area contributed by atoms with Gasteiger partial charge in [-0.1, -0.05) is 23.8 Å². The van der Waals surface area contributed by atoms with E-state index in [1.807, 2.05) is 19.9 Å². The second kappa shape index (κ2) is 4.74. The molecule has 1 heterocycles. The molecular weight excluding hydrogens is 266 g/mol. The molecule has 4 nitrogen and oxygen atoms in total. The molecule has 0 saturated heterocycles. The highest BCUT2D eigenvalue weighted by atomic mass is 16.3. The first-order valence-electron chi connectivity index (χ1n) is 6.75. The molecule has 1 aliphatic rings. The molecule has 4 heteroatoms. The number of amides is 2. The minimum absolute atomic E-state index is 0.0777. The van der Waals surface area contributed by atoms with Crippen LogP contribution >= 0.6 is 0 Å². The van der Waals surface area contributed by atoms with Crippen molar-refractivity contribution in [3.05, 3.63) is 53.1 Å². The van der Waals surface area contributed by atoms with E-state index in [1.165, 1.54) is 11.0 Å². The molecule has 2 amide bonds. The molecule has 0 unspecified atom stereocenters. The molecule has 0 fully saturated rings. The lowest BCUT2D eigenvalue weighted by atomic mass is 9.93.